The molecule has 0 heterocycles. The lowest BCUT2D eigenvalue weighted by Crippen LogP contribution is -2.27. The Morgan fingerprint density at radius 2 is 1.31 bits per heavy atom. The minimum absolute atomic E-state index is 0.0648. The van der Waals surface area contributed by atoms with Gasteiger partial charge in [-0.25, -0.2) is 0 Å². The number of rotatable bonds is 6. The average Bonchev–Trinajstić information content (AvgIpc) is 2.80. The van der Waals surface area contributed by atoms with E-state index in [2.05, 4.69) is 120 Å². The second kappa shape index (κ2) is 9.37. The van der Waals surface area contributed by atoms with Gasteiger partial charge in [-0.05, 0) is 59.9 Å². The molecule has 1 unspecified atom stereocenters. The lowest BCUT2D eigenvalue weighted by Gasteiger charge is -2.36. The van der Waals surface area contributed by atoms with Gasteiger partial charge in [0, 0.05) is 5.41 Å². The van der Waals surface area contributed by atoms with Gasteiger partial charge in [0.05, 0.1) is 0 Å². The predicted octanol–water partition coefficient (Wildman–Crippen LogP) is 7.03. The van der Waals surface area contributed by atoms with Gasteiger partial charge in [-0.3, -0.25) is 0 Å². The van der Waals surface area contributed by atoms with Gasteiger partial charge in [0.25, 0.3) is 0 Å². The van der Waals surface area contributed by atoms with Gasteiger partial charge in [-0.15, -0.1) is 0 Å². The molecule has 0 saturated carbocycles. The van der Waals surface area contributed by atoms with Gasteiger partial charge < -0.3 is 0 Å². The molecule has 0 saturated heterocycles. The topological polar surface area (TPSA) is 0 Å². The first-order valence-corrected chi connectivity index (χ1v) is 12.0. The molecule has 1 atom stereocenters. The van der Waals surface area contributed by atoms with E-state index in [-0.39, 0.29) is 5.41 Å². The number of hydrogen-bond acceptors (Lipinski definition) is 0. The van der Waals surface area contributed by atoms with Gasteiger partial charge in [0.2, 0.25) is 0 Å². The first-order valence-electron chi connectivity index (χ1n) is 12.0. The van der Waals surface area contributed by atoms with Crippen LogP contribution in [0.4, 0.5) is 0 Å². The second-order valence-corrected chi connectivity index (χ2v) is 10.1. The summed E-state index contributed by atoms with van der Waals surface area (Å²) in [6, 6.07) is 27.1. The van der Waals surface area contributed by atoms with Crippen LogP contribution in [0.1, 0.15) is 56.7 Å². The fourth-order valence-electron chi connectivity index (χ4n) is 5.13. The summed E-state index contributed by atoms with van der Waals surface area (Å²) in [4.78, 5) is 0. The Morgan fingerprint density at radius 3 is 1.84 bits per heavy atom. The first-order chi connectivity index (χ1) is 15.3. The SMILES string of the molecule is Bc1ccc(-c2ccc(C(C)(CC(C)C)C3=CC=C(c4ccc(C)cc4)CC3)cc2)cc1. The highest BCUT2D eigenvalue weighted by Crippen LogP contribution is 2.43. The molecule has 0 radical (unpaired) electrons. The molecule has 0 nitrogen and oxygen atoms in total. The highest BCUT2D eigenvalue weighted by atomic mass is 14.4. The van der Waals surface area contributed by atoms with Gasteiger partial charge in [0.1, 0.15) is 7.85 Å². The quantitative estimate of drug-likeness (QED) is 0.377. The van der Waals surface area contributed by atoms with Crippen molar-refractivity contribution in [1.29, 1.82) is 0 Å². The van der Waals surface area contributed by atoms with Crippen LogP contribution in [0.5, 0.6) is 0 Å². The van der Waals surface area contributed by atoms with Crippen LogP contribution in [0, 0.1) is 12.8 Å². The smallest absolute Gasteiger partial charge is 0.0889 e. The van der Waals surface area contributed by atoms with Crippen molar-refractivity contribution in [3.8, 4) is 11.1 Å². The average molecular weight is 418 g/mol. The van der Waals surface area contributed by atoms with Crippen LogP contribution in [0.2, 0.25) is 0 Å². The van der Waals surface area contributed by atoms with Crippen molar-refractivity contribution in [2.75, 3.05) is 0 Å². The fraction of sp³-hybridized carbons (Fsp3) is 0.290. The molecular formula is C31H35B. The molecule has 1 aliphatic carbocycles. The highest BCUT2D eigenvalue weighted by molar-refractivity contribution is 6.32. The number of hydrogen-bond donors (Lipinski definition) is 0. The van der Waals surface area contributed by atoms with Crippen molar-refractivity contribution in [2.24, 2.45) is 5.92 Å². The van der Waals surface area contributed by atoms with Gasteiger partial charge >= 0.3 is 0 Å². The Hall–Kier alpha value is -2.80. The molecule has 3 aromatic rings. The Morgan fingerprint density at radius 1 is 0.750 bits per heavy atom. The Kier molecular flexibility index (Phi) is 6.56. The zero-order valence-electron chi connectivity index (χ0n) is 20.3. The maximum Gasteiger partial charge on any atom is 0.139 e. The van der Waals surface area contributed by atoms with Crippen LogP contribution in [0.3, 0.4) is 0 Å². The summed E-state index contributed by atoms with van der Waals surface area (Å²) in [6.07, 6.45) is 8.18. The standard InChI is InChI=1S/C31H35B/c1-22(2)21-31(4,28-15-9-25(10-16-28)24-7-5-23(3)6-8-24)29-17-11-26(12-18-29)27-13-19-30(32)20-14-27/h5-9,11-15,17-20,22H,10,16,21,32H2,1-4H3. The van der Waals surface area contributed by atoms with Crippen molar-refractivity contribution in [1.82, 2.24) is 0 Å². The van der Waals surface area contributed by atoms with E-state index in [0.29, 0.717) is 5.92 Å². The summed E-state index contributed by atoms with van der Waals surface area (Å²) in [6.45, 7) is 9.29. The predicted molar refractivity (Wildman–Crippen MR) is 143 cm³/mol. The third-order valence-electron chi connectivity index (χ3n) is 7.00. The molecule has 0 aromatic heterocycles. The molecule has 0 amide bonds. The number of allylic oxidation sites excluding steroid dienone is 4. The maximum absolute atomic E-state index is 2.45. The number of aryl methyl sites for hydroxylation is 1. The van der Waals surface area contributed by atoms with E-state index in [1.807, 2.05) is 0 Å². The highest BCUT2D eigenvalue weighted by Gasteiger charge is 2.32. The largest absolute Gasteiger partial charge is 0.139 e. The molecule has 4 rings (SSSR count). The van der Waals surface area contributed by atoms with E-state index in [4.69, 9.17) is 0 Å². The van der Waals surface area contributed by atoms with Crippen molar-refractivity contribution in [3.63, 3.8) is 0 Å². The summed E-state index contributed by atoms with van der Waals surface area (Å²) in [7, 11) is 2.14. The third-order valence-corrected chi connectivity index (χ3v) is 7.00. The Labute approximate surface area is 195 Å². The van der Waals surface area contributed by atoms with E-state index in [0.717, 1.165) is 19.3 Å². The van der Waals surface area contributed by atoms with Crippen molar-refractivity contribution in [2.45, 2.75) is 52.4 Å². The van der Waals surface area contributed by atoms with Crippen LogP contribution >= 0.6 is 0 Å². The monoisotopic (exact) mass is 418 g/mol. The molecule has 0 bridgehead atoms. The van der Waals surface area contributed by atoms with Crippen LogP contribution in [-0.4, -0.2) is 7.85 Å². The summed E-state index contributed by atoms with van der Waals surface area (Å²) in [5, 5.41) is 0. The molecule has 1 aliphatic rings. The summed E-state index contributed by atoms with van der Waals surface area (Å²) in [5.41, 5.74) is 11.1. The van der Waals surface area contributed by atoms with E-state index < -0.39 is 0 Å². The zero-order valence-corrected chi connectivity index (χ0v) is 20.3. The maximum atomic E-state index is 2.45. The Balaban J connectivity index is 1.65. The summed E-state index contributed by atoms with van der Waals surface area (Å²) in [5.74, 6) is 0.639. The fourth-order valence-corrected chi connectivity index (χ4v) is 5.13. The minimum Gasteiger partial charge on any atom is -0.0889 e. The Bertz CT molecular complexity index is 1110. The van der Waals surface area contributed by atoms with E-state index >= 15 is 0 Å². The molecule has 0 spiro atoms. The van der Waals surface area contributed by atoms with Crippen LogP contribution in [0.15, 0.2) is 90.5 Å². The molecule has 0 N–H and O–H groups in total. The van der Waals surface area contributed by atoms with Crippen LogP contribution < -0.4 is 5.46 Å². The first kappa shape index (κ1) is 22.4. The molecule has 0 fully saturated rings. The van der Waals surface area contributed by atoms with Crippen LogP contribution in [0.25, 0.3) is 16.7 Å². The van der Waals surface area contributed by atoms with Gasteiger partial charge in [-0.1, -0.05) is 122 Å². The summed E-state index contributed by atoms with van der Waals surface area (Å²) < 4.78 is 0. The van der Waals surface area contributed by atoms with Crippen molar-refractivity contribution < 1.29 is 0 Å². The minimum atomic E-state index is 0.0648. The molecular weight excluding hydrogens is 383 g/mol. The van der Waals surface area contributed by atoms with Crippen molar-refractivity contribution in [3.05, 3.63) is 107 Å². The van der Waals surface area contributed by atoms with Gasteiger partial charge in [-0.2, -0.15) is 0 Å². The van der Waals surface area contributed by atoms with Crippen molar-refractivity contribution >= 4 is 18.9 Å². The van der Waals surface area contributed by atoms with E-state index in [1.165, 1.54) is 38.9 Å². The van der Waals surface area contributed by atoms with Gasteiger partial charge in [0.15, 0.2) is 0 Å². The lowest BCUT2D eigenvalue weighted by atomic mass is 9.68. The summed E-state index contributed by atoms with van der Waals surface area (Å²) >= 11 is 0. The number of benzene rings is 3. The second-order valence-electron chi connectivity index (χ2n) is 10.1. The van der Waals surface area contributed by atoms with E-state index in [9.17, 15) is 0 Å². The zero-order chi connectivity index (χ0) is 22.7. The molecule has 3 aromatic carbocycles. The normalized spacial score (nSPS) is 15.8. The molecule has 162 valence electrons. The molecule has 0 aliphatic heterocycles. The lowest BCUT2D eigenvalue weighted by molar-refractivity contribution is 0.410. The molecule has 1 heteroatoms. The third kappa shape index (κ3) is 4.83. The van der Waals surface area contributed by atoms with Crippen LogP contribution in [-0.2, 0) is 5.41 Å². The molecule has 32 heavy (non-hydrogen) atoms. The van der Waals surface area contributed by atoms with E-state index in [1.54, 1.807) is 5.57 Å².